The highest BCUT2D eigenvalue weighted by Gasteiger charge is 2.20. The van der Waals surface area contributed by atoms with Crippen LogP contribution in [0.1, 0.15) is 24.2 Å². The van der Waals surface area contributed by atoms with E-state index in [1.807, 2.05) is 42.5 Å². The quantitative estimate of drug-likeness (QED) is 0.451. The molecule has 0 radical (unpaired) electrons. The fraction of sp³-hybridized carbons (Fsp3) is 0.125. The molecule has 0 unspecified atom stereocenters. The molecule has 8 heteroatoms. The summed E-state index contributed by atoms with van der Waals surface area (Å²) in [6.45, 7) is 3.22. The maximum atomic E-state index is 12.6. The molecule has 4 aromatic rings. The predicted molar refractivity (Wildman–Crippen MR) is 124 cm³/mol. The largest absolute Gasteiger partial charge is 0.322 e. The van der Waals surface area contributed by atoms with Crippen LogP contribution in [0.25, 0.3) is 22.8 Å². The lowest BCUT2D eigenvalue weighted by Gasteiger charge is -2.10. The van der Waals surface area contributed by atoms with Crippen LogP contribution >= 0.6 is 0 Å². The number of aromatic nitrogens is 3. The topological polar surface area (TPSA) is 105 Å². The van der Waals surface area contributed by atoms with Crippen molar-refractivity contribution in [2.24, 2.45) is 0 Å². The van der Waals surface area contributed by atoms with Crippen molar-refractivity contribution in [3.8, 4) is 22.8 Å². The molecule has 2 N–H and O–H groups in total. The molecule has 162 valence electrons. The first-order valence-electron chi connectivity index (χ1n) is 10.1. The summed E-state index contributed by atoms with van der Waals surface area (Å²) in [5.41, 5.74) is 2.60. The second-order valence-corrected chi connectivity index (χ2v) is 10.0. The van der Waals surface area contributed by atoms with E-state index in [-0.39, 0.29) is 16.4 Å². The van der Waals surface area contributed by atoms with Crippen LogP contribution in [0, 0.1) is 0 Å². The van der Waals surface area contributed by atoms with E-state index in [1.165, 1.54) is 12.1 Å². The fourth-order valence-corrected chi connectivity index (χ4v) is 4.21. The molecule has 4 rings (SSSR count). The number of hydrogen-bond acceptors (Lipinski definition) is 5. The Bertz CT molecular complexity index is 1350. The van der Waals surface area contributed by atoms with Gasteiger partial charge < -0.3 is 5.32 Å². The molecule has 0 aliphatic rings. The molecule has 32 heavy (non-hydrogen) atoms. The number of carbonyl (C=O) groups is 1. The number of benzene rings is 3. The minimum Gasteiger partial charge on any atom is -0.322 e. The molecular weight excluding hydrogens is 424 g/mol. The zero-order valence-corrected chi connectivity index (χ0v) is 18.4. The van der Waals surface area contributed by atoms with E-state index in [0.717, 1.165) is 11.1 Å². The number of hydrogen-bond donors (Lipinski definition) is 2. The van der Waals surface area contributed by atoms with Gasteiger partial charge in [-0.1, -0.05) is 36.4 Å². The maximum Gasteiger partial charge on any atom is 0.255 e. The average Bonchev–Trinajstić information content (AvgIpc) is 3.30. The third kappa shape index (κ3) is 4.45. The molecule has 0 spiro atoms. The van der Waals surface area contributed by atoms with Crippen molar-refractivity contribution in [1.82, 2.24) is 15.2 Å². The summed E-state index contributed by atoms with van der Waals surface area (Å²) in [6, 6.07) is 22.9. The molecule has 0 aliphatic heterocycles. The second kappa shape index (κ2) is 8.76. The van der Waals surface area contributed by atoms with E-state index in [9.17, 15) is 13.2 Å². The number of amides is 1. The van der Waals surface area contributed by atoms with Gasteiger partial charge in [0.15, 0.2) is 21.5 Å². The summed E-state index contributed by atoms with van der Waals surface area (Å²) in [4.78, 5) is 17.3. The molecule has 1 aromatic heterocycles. The predicted octanol–water partition coefficient (Wildman–Crippen LogP) is 4.57. The van der Waals surface area contributed by atoms with Gasteiger partial charge in [-0.3, -0.25) is 9.89 Å². The van der Waals surface area contributed by atoms with E-state index in [4.69, 9.17) is 0 Å². The van der Waals surface area contributed by atoms with Crippen LogP contribution in [0.4, 0.5) is 5.69 Å². The number of sulfone groups is 1. The Morgan fingerprint density at radius 2 is 1.62 bits per heavy atom. The average molecular weight is 447 g/mol. The van der Waals surface area contributed by atoms with Crippen LogP contribution in [-0.4, -0.2) is 34.8 Å². The number of anilines is 1. The van der Waals surface area contributed by atoms with Gasteiger partial charge in [-0.2, -0.15) is 5.10 Å². The lowest BCUT2D eigenvalue weighted by molar-refractivity contribution is 0.102. The van der Waals surface area contributed by atoms with Gasteiger partial charge >= 0.3 is 0 Å². The number of rotatable bonds is 6. The zero-order chi connectivity index (χ0) is 22.7. The molecule has 7 nitrogen and oxygen atoms in total. The van der Waals surface area contributed by atoms with Crippen LogP contribution in [0.15, 0.2) is 83.8 Å². The Hall–Kier alpha value is -3.78. The molecule has 1 heterocycles. The van der Waals surface area contributed by atoms with E-state index in [2.05, 4.69) is 20.5 Å². The highest BCUT2D eigenvalue weighted by Crippen LogP contribution is 2.22. The first-order chi connectivity index (χ1) is 15.3. The first kappa shape index (κ1) is 21.5. The van der Waals surface area contributed by atoms with Gasteiger partial charge in [0.2, 0.25) is 0 Å². The van der Waals surface area contributed by atoms with Crippen molar-refractivity contribution in [3.05, 3.63) is 84.4 Å². The molecule has 0 bridgehead atoms. The monoisotopic (exact) mass is 446 g/mol. The van der Waals surface area contributed by atoms with Gasteiger partial charge in [0.25, 0.3) is 5.91 Å². The van der Waals surface area contributed by atoms with Crippen LogP contribution in [0.5, 0.6) is 0 Å². The van der Waals surface area contributed by atoms with E-state index >= 15 is 0 Å². The molecular formula is C24H22N4O3S. The maximum absolute atomic E-state index is 12.6. The van der Waals surface area contributed by atoms with Crippen molar-refractivity contribution in [2.75, 3.05) is 5.32 Å². The molecule has 0 saturated heterocycles. The number of H-pyrrole nitrogens is 1. The minimum atomic E-state index is -3.46. The Labute approximate surface area is 186 Å². The van der Waals surface area contributed by atoms with Gasteiger partial charge in [0, 0.05) is 22.4 Å². The highest BCUT2D eigenvalue weighted by atomic mass is 32.2. The number of nitrogens with zero attached hydrogens (tertiary/aromatic N) is 2. The summed E-state index contributed by atoms with van der Waals surface area (Å²) in [6.07, 6.45) is 0. The van der Waals surface area contributed by atoms with E-state index in [0.29, 0.717) is 17.3 Å². The van der Waals surface area contributed by atoms with Crippen molar-refractivity contribution >= 4 is 21.4 Å². The van der Waals surface area contributed by atoms with Gasteiger partial charge in [0.1, 0.15) is 0 Å². The minimum absolute atomic E-state index is 0.134. The number of carbonyl (C=O) groups excluding carboxylic acids is 1. The number of aromatic amines is 1. The summed E-state index contributed by atoms with van der Waals surface area (Å²) in [7, 11) is -3.46. The molecule has 3 aromatic carbocycles. The summed E-state index contributed by atoms with van der Waals surface area (Å²) in [5.74, 6) is 0.840. The van der Waals surface area contributed by atoms with Crippen molar-refractivity contribution < 1.29 is 13.2 Å². The van der Waals surface area contributed by atoms with Crippen molar-refractivity contribution in [2.45, 2.75) is 24.0 Å². The van der Waals surface area contributed by atoms with Crippen molar-refractivity contribution in [1.29, 1.82) is 0 Å². The normalized spacial score (nSPS) is 11.5. The van der Waals surface area contributed by atoms with Crippen molar-refractivity contribution in [3.63, 3.8) is 0 Å². The van der Waals surface area contributed by atoms with Gasteiger partial charge in [-0.05, 0) is 56.3 Å². The third-order valence-corrected chi connectivity index (χ3v) is 7.13. The number of nitrogens with one attached hydrogen (secondary N) is 2. The lowest BCUT2D eigenvalue weighted by atomic mass is 10.1. The molecule has 0 saturated carbocycles. The molecule has 1 amide bonds. The van der Waals surface area contributed by atoms with Crippen LogP contribution in [0.2, 0.25) is 0 Å². The Balaban J connectivity index is 1.49. The highest BCUT2D eigenvalue weighted by molar-refractivity contribution is 7.92. The molecule has 0 aliphatic carbocycles. The summed E-state index contributed by atoms with van der Waals surface area (Å²) >= 11 is 0. The van der Waals surface area contributed by atoms with Gasteiger partial charge in [-0.25, -0.2) is 13.4 Å². The third-order valence-electron chi connectivity index (χ3n) is 4.98. The Kier molecular flexibility index (Phi) is 5.87. The fourth-order valence-electron chi connectivity index (χ4n) is 3.11. The zero-order valence-electron chi connectivity index (χ0n) is 17.6. The van der Waals surface area contributed by atoms with Gasteiger partial charge in [0.05, 0.1) is 10.1 Å². The Morgan fingerprint density at radius 3 is 2.31 bits per heavy atom. The first-order valence-corrected chi connectivity index (χ1v) is 11.6. The lowest BCUT2D eigenvalue weighted by Crippen LogP contribution is -2.16. The van der Waals surface area contributed by atoms with Crippen LogP contribution in [-0.2, 0) is 9.84 Å². The van der Waals surface area contributed by atoms with E-state index in [1.54, 1.807) is 38.1 Å². The Morgan fingerprint density at radius 1 is 0.906 bits per heavy atom. The SMILES string of the molecule is CC(C)S(=O)(=O)c1cccc(C(=O)Nc2ccc(-c3nc(-c4ccccc4)n[nH]3)cc2)c1. The molecule has 0 fully saturated rings. The standard InChI is InChI=1S/C24H22N4O3S/c1-16(2)32(30,31)21-10-6-9-19(15-21)24(29)25-20-13-11-18(12-14-20)23-26-22(27-28-23)17-7-4-3-5-8-17/h3-16H,1-2H3,(H,25,29)(H,26,27,28). The van der Waals surface area contributed by atoms with Crippen LogP contribution in [0.3, 0.4) is 0 Å². The summed E-state index contributed by atoms with van der Waals surface area (Å²) in [5, 5.41) is 9.42. The van der Waals surface area contributed by atoms with E-state index < -0.39 is 15.1 Å². The van der Waals surface area contributed by atoms with Crippen LogP contribution < -0.4 is 5.32 Å². The molecule has 0 atom stereocenters. The smallest absolute Gasteiger partial charge is 0.255 e. The summed E-state index contributed by atoms with van der Waals surface area (Å²) < 4.78 is 24.8. The second-order valence-electron chi connectivity index (χ2n) is 7.53. The van der Waals surface area contributed by atoms with Gasteiger partial charge in [-0.15, -0.1) is 0 Å².